The monoisotopic (exact) mass is 332 g/mol. The van der Waals surface area contributed by atoms with Gasteiger partial charge in [0.25, 0.3) is 0 Å². The van der Waals surface area contributed by atoms with Crippen molar-refractivity contribution in [3.63, 3.8) is 0 Å². The Balaban J connectivity index is 1.54. The van der Waals surface area contributed by atoms with Crippen LogP contribution in [0.25, 0.3) is 0 Å². The summed E-state index contributed by atoms with van der Waals surface area (Å²) >= 11 is 0. The van der Waals surface area contributed by atoms with Gasteiger partial charge in [-0.05, 0) is 80.5 Å². The molecule has 4 fully saturated rings. The Labute approximate surface area is 145 Å². The van der Waals surface area contributed by atoms with Gasteiger partial charge in [0.15, 0.2) is 0 Å². The smallest absolute Gasteiger partial charge is 0.302 e. The molecule has 0 aromatic rings. The fraction of sp³-hybridized carbons (Fsp3) is 0.905. The van der Waals surface area contributed by atoms with Crippen LogP contribution in [-0.4, -0.2) is 17.9 Å². The van der Waals surface area contributed by atoms with Crippen molar-refractivity contribution in [1.82, 2.24) is 0 Å². The van der Waals surface area contributed by atoms with Gasteiger partial charge in [-0.1, -0.05) is 13.8 Å². The number of ether oxygens (including phenoxy) is 1. The number of ketones is 1. The molecular formula is C21H32O3. The molecule has 3 heteroatoms. The van der Waals surface area contributed by atoms with E-state index in [9.17, 15) is 9.59 Å². The highest BCUT2D eigenvalue weighted by molar-refractivity contribution is 5.87. The Morgan fingerprint density at radius 3 is 2.58 bits per heavy atom. The zero-order chi connectivity index (χ0) is 17.1. The van der Waals surface area contributed by atoms with Gasteiger partial charge < -0.3 is 4.74 Å². The number of rotatable bonds is 1. The predicted octanol–water partition coefficient (Wildman–Crippen LogP) is 4.53. The lowest BCUT2D eigenvalue weighted by molar-refractivity contribution is -0.160. The van der Waals surface area contributed by atoms with Crippen molar-refractivity contribution >= 4 is 11.8 Å². The molecule has 2 unspecified atom stereocenters. The molecule has 4 aliphatic carbocycles. The number of hydrogen-bond donors (Lipinski definition) is 0. The van der Waals surface area contributed by atoms with E-state index in [4.69, 9.17) is 4.74 Å². The van der Waals surface area contributed by atoms with Crippen molar-refractivity contribution < 1.29 is 14.3 Å². The fourth-order valence-corrected chi connectivity index (χ4v) is 7.33. The third-order valence-corrected chi connectivity index (χ3v) is 8.66. The van der Waals surface area contributed by atoms with Crippen molar-refractivity contribution in [1.29, 1.82) is 0 Å². The standard InChI is InChI=1S/C21H32O3/c1-13(22)24-15-8-10-20(2)14(12-15)4-5-16-17-6-7-19(23)21(17,3)11-9-18(16)20/h14-18H,4-12H2,1-3H3/t14?,15?,16-,17-,18+,20-,21-/m0/s1. The lowest BCUT2D eigenvalue weighted by Gasteiger charge is -2.60. The van der Waals surface area contributed by atoms with E-state index in [1.54, 1.807) is 0 Å². The van der Waals surface area contributed by atoms with E-state index in [1.807, 2.05) is 0 Å². The van der Waals surface area contributed by atoms with E-state index in [0.717, 1.165) is 43.9 Å². The van der Waals surface area contributed by atoms with E-state index in [-0.39, 0.29) is 17.5 Å². The Morgan fingerprint density at radius 2 is 1.83 bits per heavy atom. The summed E-state index contributed by atoms with van der Waals surface area (Å²) in [7, 11) is 0. The molecule has 0 amide bonds. The van der Waals surface area contributed by atoms with Crippen LogP contribution in [-0.2, 0) is 14.3 Å². The molecule has 0 N–H and O–H groups in total. The summed E-state index contributed by atoms with van der Waals surface area (Å²) < 4.78 is 5.54. The second-order valence-electron chi connectivity index (χ2n) is 9.58. The summed E-state index contributed by atoms with van der Waals surface area (Å²) in [5.74, 6) is 3.26. The maximum atomic E-state index is 12.5. The number of fused-ring (bicyclic) bond motifs is 5. The lowest BCUT2D eigenvalue weighted by atomic mass is 9.45. The Bertz CT molecular complexity index is 555. The summed E-state index contributed by atoms with van der Waals surface area (Å²) in [6.45, 7) is 6.30. The number of carbonyl (C=O) groups excluding carboxylic acids is 2. The van der Waals surface area contributed by atoms with Gasteiger partial charge >= 0.3 is 5.97 Å². The van der Waals surface area contributed by atoms with E-state index < -0.39 is 0 Å². The van der Waals surface area contributed by atoms with Crippen LogP contribution in [0.15, 0.2) is 0 Å². The molecular weight excluding hydrogens is 300 g/mol. The molecule has 7 atom stereocenters. The van der Waals surface area contributed by atoms with Crippen LogP contribution in [0.4, 0.5) is 0 Å². The molecule has 4 aliphatic rings. The Morgan fingerprint density at radius 1 is 1.04 bits per heavy atom. The number of Topliss-reactive ketones (excluding diaryl/α,β-unsaturated/α-hetero) is 1. The molecule has 0 saturated heterocycles. The molecule has 0 heterocycles. The topological polar surface area (TPSA) is 43.4 Å². The molecule has 24 heavy (non-hydrogen) atoms. The van der Waals surface area contributed by atoms with Crippen LogP contribution in [0, 0.1) is 34.5 Å². The second kappa shape index (κ2) is 5.57. The van der Waals surface area contributed by atoms with E-state index in [0.29, 0.717) is 23.0 Å². The summed E-state index contributed by atoms with van der Waals surface area (Å²) in [5.41, 5.74) is 0.381. The van der Waals surface area contributed by atoms with Crippen molar-refractivity contribution in [2.45, 2.75) is 84.7 Å². The van der Waals surface area contributed by atoms with Gasteiger partial charge in [0.1, 0.15) is 11.9 Å². The van der Waals surface area contributed by atoms with Crippen LogP contribution in [0.3, 0.4) is 0 Å². The lowest BCUT2D eigenvalue weighted by Crippen LogP contribution is -2.54. The second-order valence-corrected chi connectivity index (χ2v) is 9.58. The largest absolute Gasteiger partial charge is 0.463 e. The minimum Gasteiger partial charge on any atom is -0.463 e. The minimum absolute atomic E-state index is 0.0146. The van der Waals surface area contributed by atoms with Gasteiger partial charge in [0, 0.05) is 18.8 Å². The van der Waals surface area contributed by atoms with Gasteiger partial charge in [-0.25, -0.2) is 0 Å². The average Bonchev–Trinajstić information content (AvgIpc) is 2.83. The molecule has 0 bridgehead atoms. The molecule has 134 valence electrons. The summed E-state index contributed by atoms with van der Waals surface area (Å²) in [4.78, 5) is 23.8. The first-order valence-corrected chi connectivity index (χ1v) is 10.0. The average molecular weight is 332 g/mol. The third kappa shape index (κ3) is 2.29. The molecule has 0 radical (unpaired) electrons. The van der Waals surface area contributed by atoms with Crippen LogP contribution >= 0.6 is 0 Å². The first-order valence-electron chi connectivity index (χ1n) is 10.0. The van der Waals surface area contributed by atoms with Crippen molar-refractivity contribution in [2.24, 2.45) is 34.5 Å². The van der Waals surface area contributed by atoms with Crippen molar-refractivity contribution in [3.05, 3.63) is 0 Å². The highest BCUT2D eigenvalue weighted by Crippen LogP contribution is 2.65. The van der Waals surface area contributed by atoms with Crippen LogP contribution in [0.2, 0.25) is 0 Å². The molecule has 4 saturated carbocycles. The number of esters is 1. The first-order chi connectivity index (χ1) is 11.3. The molecule has 3 nitrogen and oxygen atoms in total. The van der Waals surface area contributed by atoms with Crippen molar-refractivity contribution in [3.8, 4) is 0 Å². The summed E-state index contributed by atoms with van der Waals surface area (Å²) in [5, 5.41) is 0. The zero-order valence-corrected chi connectivity index (χ0v) is 15.5. The highest BCUT2D eigenvalue weighted by atomic mass is 16.5. The quantitative estimate of drug-likeness (QED) is 0.663. The molecule has 4 rings (SSSR count). The van der Waals surface area contributed by atoms with Crippen LogP contribution in [0.5, 0.6) is 0 Å². The Kier molecular flexibility index (Phi) is 3.85. The molecule has 0 aromatic carbocycles. The zero-order valence-electron chi connectivity index (χ0n) is 15.5. The maximum Gasteiger partial charge on any atom is 0.302 e. The van der Waals surface area contributed by atoms with Crippen LogP contribution in [0.1, 0.15) is 78.6 Å². The third-order valence-electron chi connectivity index (χ3n) is 8.66. The van der Waals surface area contributed by atoms with Gasteiger partial charge in [0.2, 0.25) is 0 Å². The van der Waals surface area contributed by atoms with Crippen LogP contribution < -0.4 is 0 Å². The number of carbonyl (C=O) groups is 2. The summed E-state index contributed by atoms with van der Waals surface area (Å²) in [6, 6.07) is 0. The Hall–Kier alpha value is -0.860. The predicted molar refractivity (Wildman–Crippen MR) is 92.3 cm³/mol. The van der Waals surface area contributed by atoms with Crippen molar-refractivity contribution in [2.75, 3.05) is 0 Å². The van der Waals surface area contributed by atoms with Gasteiger partial charge in [-0.2, -0.15) is 0 Å². The first kappa shape index (κ1) is 16.6. The van der Waals surface area contributed by atoms with Gasteiger partial charge in [-0.3, -0.25) is 9.59 Å². The normalized spacial score (nSPS) is 50.6. The summed E-state index contributed by atoms with van der Waals surface area (Å²) in [6.07, 6.45) is 10.2. The molecule has 0 aromatic heterocycles. The van der Waals surface area contributed by atoms with E-state index in [1.165, 1.54) is 32.6 Å². The highest BCUT2D eigenvalue weighted by Gasteiger charge is 2.60. The maximum absolute atomic E-state index is 12.5. The van der Waals surface area contributed by atoms with Gasteiger partial charge in [-0.15, -0.1) is 0 Å². The SMILES string of the molecule is CC(=O)OC1CC[C@@]2(C)C(CC[C@@H]3[C@H]2CC[C@]2(C)C(=O)CC[C@@H]32)C1. The van der Waals surface area contributed by atoms with E-state index >= 15 is 0 Å². The molecule has 0 spiro atoms. The fourth-order valence-electron chi connectivity index (χ4n) is 7.33. The van der Waals surface area contributed by atoms with E-state index in [2.05, 4.69) is 13.8 Å². The number of hydrogen-bond acceptors (Lipinski definition) is 3. The van der Waals surface area contributed by atoms with Gasteiger partial charge in [0.05, 0.1) is 0 Å². The molecule has 0 aliphatic heterocycles. The minimum atomic E-state index is -0.129.